The van der Waals surface area contributed by atoms with Crippen LogP contribution in [0.1, 0.15) is 10.4 Å². The van der Waals surface area contributed by atoms with E-state index in [2.05, 4.69) is 10.2 Å². The predicted molar refractivity (Wildman–Crippen MR) is 101 cm³/mol. The number of rotatable bonds is 5. The minimum atomic E-state index is -0.777. The third-order valence-electron chi connectivity index (χ3n) is 4.12. The zero-order valence-corrected chi connectivity index (χ0v) is 14.7. The smallest absolute Gasteiger partial charge is 0.340 e. The Morgan fingerprint density at radius 2 is 1.85 bits per heavy atom. The Morgan fingerprint density at radius 1 is 1.15 bits per heavy atom. The van der Waals surface area contributed by atoms with Gasteiger partial charge in [0.2, 0.25) is 0 Å². The molecule has 4 N–H and O–H groups in total. The van der Waals surface area contributed by atoms with Crippen molar-refractivity contribution in [2.24, 2.45) is 0 Å². The standard InChI is InChI=1S/C19H21N3O5/c20-17-6-5-15(23)11-16(17)19(25)27-12-18(24)21-13-1-3-14(4-2-13)22-7-9-26-10-8-22/h1-6,11,23H,7-10,12,20H2,(H,21,24). The molecule has 142 valence electrons. The van der Waals surface area contributed by atoms with Gasteiger partial charge in [0.1, 0.15) is 5.75 Å². The predicted octanol–water partition coefficient (Wildman–Crippen LogP) is 1.61. The maximum Gasteiger partial charge on any atom is 0.340 e. The van der Waals surface area contributed by atoms with Gasteiger partial charge in [0.05, 0.1) is 18.8 Å². The number of phenolic OH excluding ortho intramolecular Hbond substituents is 1. The van der Waals surface area contributed by atoms with Gasteiger partial charge in [0.15, 0.2) is 6.61 Å². The van der Waals surface area contributed by atoms with Crippen LogP contribution in [-0.2, 0) is 14.3 Å². The van der Waals surface area contributed by atoms with Crippen molar-refractivity contribution in [3.8, 4) is 5.75 Å². The second-order valence-corrected chi connectivity index (χ2v) is 6.04. The summed E-state index contributed by atoms with van der Waals surface area (Å²) in [6.07, 6.45) is 0. The molecule has 3 rings (SSSR count). The minimum absolute atomic E-state index is 0.0117. The lowest BCUT2D eigenvalue weighted by Gasteiger charge is -2.28. The van der Waals surface area contributed by atoms with Crippen LogP contribution in [0.4, 0.5) is 17.1 Å². The highest BCUT2D eigenvalue weighted by Gasteiger charge is 2.15. The van der Waals surface area contributed by atoms with Gasteiger partial charge >= 0.3 is 5.97 Å². The summed E-state index contributed by atoms with van der Waals surface area (Å²) >= 11 is 0. The molecule has 8 nitrogen and oxygen atoms in total. The van der Waals surface area contributed by atoms with Crippen LogP contribution in [0.15, 0.2) is 42.5 Å². The monoisotopic (exact) mass is 371 g/mol. The number of nitrogen functional groups attached to an aromatic ring is 1. The number of nitrogens with zero attached hydrogens (tertiary/aromatic N) is 1. The molecule has 0 unspecified atom stereocenters. The molecule has 1 fully saturated rings. The van der Waals surface area contributed by atoms with Crippen LogP contribution in [-0.4, -0.2) is 49.9 Å². The fourth-order valence-electron chi connectivity index (χ4n) is 2.70. The Labute approximate surface area is 156 Å². The zero-order chi connectivity index (χ0) is 19.2. The van der Waals surface area contributed by atoms with E-state index in [0.717, 1.165) is 18.8 Å². The average Bonchev–Trinajstić information content (AvgIpc) is 2.69. The molecule has 1 heterocycles. The number of ether oxygens (including phenoxy) is 2. The van der Waals surface area contributed by atoms with Gasteiger partial charge in [-0.3, -0.25) is 4.79 Å². The first-order valence-corrected chi connectivity index (χ1v) is 8.51. The number of nitrogens with two attached hydrogens (primary N) is 1. The Morgan fingerprint density at radius 3 is 2.56 bits per heavy atom. The quantitative estimate of drug-likeness (QED) is 0.415. The number of esters is 1. The number of morpholine rings is 1. The van der Waals surface area contributed by atoms with Gasteiger partial charge in [0, 0.05) is 30.2 Å². The number of carbonyl (C=O) groups excluding carboxylic acids is 2. The minimum Gasteiger partial charge on any atom is -0.508 e. The Hall–Kier alpha value is -3.26. The number of hydrogen-bond acceptors (Lipinski definition) is 7. The molecule has 2 aromatic rings. The van der Waals surface area contributed by atoms with Gasteiger partial charge in [0.25, 0.3) is 5.91 Å². The molecule has 0 aromatic heterocycles. The van der Waals surface area contributed by atoms with E-state index in [1.165, 1.54) is 18.2 Å². The summed E-state index contributed by atoms with van der Waals surface area (Å²) in [5, 5.41) is 12.1. The van der Waals surface area contributed by atoms with Crippen molar-refractivity contribution < 1.29 is 24.2 Å². The van der Waals surface area contributed by atoms with E-state index < -0.39 is 18.5 Å². The van der Waals surface area contributed by atoms with Crippen LogP contribution in [0.2, 0.25) is 0 Å². The van der Waals surface area contributed by atoms with E-state index in [4.69, 9.17) is 15.2 Å². The molecule has 0 spiro atoms. The summed E-state index contributed by atoms with van der Waals surface area (Å²) in [6.45, 7) is 2.61. The van der Waals surface area contributed by atoms with Crippen LogP contribution in [0.3, 0.4) is 0 Å². The Balaban J connectivity index is 1.51. The number of aromatic hydroxyl groups is 1. The largest absolute Gasteiger partial charge is 0.508 e. The van der Waals surface area contributed by atoms with Crippen molar-refractivity contribution in [1.82, 2.24) is 0 Å². The van der Waals surface area contributed by atoms with Crippen LogP contribution < -0.4 is 16.0 Å². The van der Waals surface area contributed by atoms with E-state index in [9.17, 15) is 14.7 Å². The van der Waals surface area contributed by atoms with E-state index in [1.807, 2.05) is 12.1 Å². The van der Waals surface area contributed by atoms with Gasteiger partial charge < -0.3 is 30.5 Å². The summed E-state index contributed by atoms with van der Waals surface area (Å²) in [6, 6.07) is 11.4. The lowest BCUT2D eigenvalue weighted by molar-refractivity contribution is -0.119. The summed E-state index contributed by atoms with van der Waals surface area (Å²) in [4.78, 5) is 26.2. The van der Waals surface area contributed by atoms with E-state index in [-0.39, 0.29) is 17.0 Å². The fourth-order valence-corrected chi connectivity index (χ4v) is 2.70. The summed E-state index contributed by atoms with van der Waals surface area (Å²) in [5.74, 6) is -1.36. The number of nitrogens with one attached hydrogen (secondary N) is 1. The number of anilines is 3. The van der Waals surface area contributed by atoms with Crippen LogP contribution in [0, 0.1) is 0 Å². The first-order valence-electron chi connectivity index (χ1n) is 8.51. The number of benzene rings is 2. The third-order valence-corrected chi connectivity index (χ3v) is 4.12. The van der Waals surface area contributed by atoms with Gasteiger partial charge in [-0.1, -0.05) is 0 Å². The van der Waals surface area contributed by atoms with Crippen LogP contribution in [0.5, 0.6) is 5.75 Å². The highest BCUT2D eigenvalue weighted by molar-refractivity contribution is 5.98. The molecule has 1 saturated heterocycles. The molecule has 0 bridgehead atoms. The fraction of sp³-hybridized carbons (Fsp3) is 0.263. The van der Waals surface area contributed by atoms with Crippen molar-refractivity contribution in [1.29, 1.82) is 0 Å². The first kappa shape index (κ1) is 18.5. The topological polar surface area (TPSA) is 114 Å². The second kappa shape index (κ2) is 8.41. The summed E-state index contributed by atoms with van der Waals surface area (Å²) < 4.78 is 10.3. The molecule has 2 aromatic carbocycles. The molecule has 0 aliphatic carbocycles. The molecule has 1 aliphatic heterocycles. The summed E-state index contributed by atoms with van der Waals surface area (Å²) in [5.41, 5.74) is 7.51. The van der Waals surface area contributed by atoms with Gasteiger partial charge in [-0.2, -0.15) is 0 Å². The first-order chi connectivity index (χ1) is 13.0. The third kappa shape index (κ3) is 4.89. The molecular weight excluding hydrogens is 350 g/mol. The summed E-state index contributed by atoms with van der Waals surface area (Å²) in [7, 11) is 0. The van der Waals surface area contributed by atoms with Crippen LogP contribution >= 0.6 is 0 Å². The zero-order valence-electron chi connectivity index (χ0n) is 14.7. The molecule has 1 amide bonds. The van der Waals surface area contributed by atoms with E-state index in [1.54, 1.807) is 12.1 Å². The second-order valence-electron chi connectivity index (χ2n) is 6.04. The SMILES string of the molecule is Nc1ccc(O)cc1C(=O)OCC(=O)Nc1ccc(N2CCOCC2)cc1. The van der Waals surface area contributed by atoms with E-state index >= 15 is 0 Å². The maximum atomic E-state index is 12.0. The highest BCUT2D eigenvalue weighted by atomic mass is 16.5. The number of phenols is 1. The Kier molecular flexibility index (Phi) is 5.77. The Bertz CT molecular complexity index is 817. The van der Waals surface area contributed by atoms with Crippen molar-refractivity contribution in [2.45, 2.75) is 0 Å². The number of hydrogen-bond donors (Lipinski definition) is 3. The molecule has 0 radical (unpaired) electrons. The van der Waals surface area contributed by atoms with E-state index in [0.29, 0.717) is 18.9 Å². The molecule has 27 heavy (non-hydrogen) atoms. The van der Waals surface area contributed by atoms with Crippen molar-refractivity contribution >= 4 is 28.9 Å². The lowest BCUT2D eigenvalue weighted by atomic mass is 10.2. The number of carbonyl (C=O) groups is 2. The van der Waals surface area contributed by atoms with Gasteiger partial charge in [-0.25, -0.2) is 4.79 Å². The number of amides is 1. The van der Waals surface area contributed by atoms with Gasteiger partial charge in [-0.15, -0.1) is 0 Å². The van der Waals surface area contributed by atoms with Gasteiger partial charge in [-0.05, 0) is 42.5 Å². The maximum absolute atomic E-state index is 12.0. The molecule has 0 saturated carbocycles. The van der Waals surface area contributed by atoms with Crippen LogP contribution in [0.25, 0.3) is 0 Å². The molecule has 1 aliphatic rings. The average molecular weight is 371 g/mol. The lowest BCUT2D eigenvalue weighted by Crippen LogP contribution is -2.36. The highest BCUT2D eigenvalue weighted by Crippen LogP contribution is 2.20. The molecule has 8 heteroatoms. The van der Waals surface area contributed by atoms with Crippen molar-refractivity contribution in [2.75, 3.05) is 48.9 Å². The normalized spacial score (nSPS) is 13.9. The van der Waals surface area contributed by atoms with Crippen molar-refractivity contribution in [3.05, 3.63) is 48.0 Å². The molecular formula is C19H21N3O5. The molecule has 0 atom stereocenters. The van der Waals surface area contributed by atoms with Crippen molar-refractivity contribution in [3.63, 3.8) is 0 Å².